The highest BCUT2D eigenvalue weighted by Crippen LogP contribution is 2.33. The predicted octanol–water partition coefficient (Wildman–Crippen LogP) is 2.63. The van der Waals surface area contributed by atoms with Gasteiger partial charge in [-0.25, -0.2) is 0 Å². The number of ether oxygens (including phenoxy) is 2. The van der Waals surface area contributed by atoms with E-state index < -0.39 is 0 Å². The highest BCUT2D eigenvalue weighted by Gasteiger charge is 2.32. The topological polar surface area (TPSA) is 18.5 Å². The van der Waals surface area contributed by atoms with Crippen LogP contribution < -0.4 is 0 Å². The molecule has 1 aromatic carbocycles. The third kappa shape index (κ3) is 1.68. The molecule has 1 heterocycles. The molecule has 3 unspecified atom stereocenters. The molecule has 0 spiro atoms. The Bertz CT molecular complexity index is 322. The number of hydrogen-bond donors (Lipinski definition) is 0. The molecule has 1 saturated heterocycles. The minimum absolute atomic E-state index is 0.0220. The minimum Gasteiger partial charge on any atom is -0.347 e. The van der Waals surface area contributed by atoms with E-state index in [0.717, 1.165) is 0 Å². The van der Waals surface area contributed by atoms with E-state index in [-0.39, 0.29) is 18.5 Å². The van der Waals surface area contributed by atoms with Gasteiger partial charge in [-0.05, 0) is 31.9 Å². The van der Waals surface area contributed by atoms with Crippen molar-refractivity contribution in [1.82, 2.24) is 0 Å². The summed E-state index contributed by atoms with van der Waals surface area (Å²) < 4.78 is 11.1. The highest BCUT2D eigenvalue weighted by molar-refractivity contribution is 5.29. The van der Waals surface area contributed by atoms with Crippen LogP contribution in [0.1, 0.15) is 24.2 Å². The van der Waals surface area contributed by atoms with Crippen LogP contribution in [0.2, 0.25) is 0 Å². The quantitative estimate of drug-likeness (QED) is 0.679. The summed E-state index contributed by atoms with van der Waals surface area (Å²) in [5, 5.41) is 0. The molecule has 2 rings (SSSR count). The van der Waals surface area contributed by atoms with Crippen LogP contribution in [-0.4, -0.2) is 12.4 Å². The Morgan fingerprint density at radius 2 is 1.93 bits per heavy atom. The van der Waals surface area contributed by atoms with Crippen molar-refractivity contribution in [3.05, 3.63) is 42.3 Å². The van der Waals surface area contributed by atoms with Crippen LogP contribution in [0, 0.1) is 13.8 Å². The standard InChI is InChI=1S/C12H15O2/c1-8-6-4-5-7-11(8)12-9(2)13-10(3)14-12/h4-7,9-10,12H,2H2,1,3H3. The first-order valence-electron chi connectivity index (χ1n) is 4.88. The Morgan fingerprint density at radius 3 is 2.50 bits per heavy atom. The zero-order valence-corrected chi connectivity index (χ0v) is 8.57. The molecule has 3 atom stereocenters. The Kier molecular flexibility index (Phi) is 2.57. The maximum Gasteiger partial charge on any atom is 0.156 e. The Labute approximate surface area is 84.8 Å². The van der Waals surface area contributed by atoms with Crippen molar-refractivity contribution in [1.29, 1.82) is 0 Å². The van der Waals surface area contributed by atoms with Crippen molar-refractivity contribution in [2.45, 2.75) is 32.3 Å². The van der Waals surface area contributed by atoms with Gasteiger partial charge in [0.15, 0.2) is 6.29 Å². The average molecular weight is 191 g/mol. The molecule has 1 aromatic rings. The van der Waals surface area contributed by atoms with Gasteiger partial charge in [-0.1, -0.05) is 24.3 Å². The van der Waals surface area contributed by atoms with Gasteiger partial charge in [-0.3, -0.25) is 0 Å². The van der Waals surface area contributed by atoms with E-state index in [1.165, 1.54) is 11.1 Å². The minimum atomic E-state index is -0.151. The van der Waals surface area contributed by atoms with Crippen LogP contribution in [0.5, 0.6) is 0 Å². The fraction of sp³-hybridized carbons (Fsp3) is 0.417. The number of benzene rings is 1. The monoisotopic (exact) mass is 191 g/mol. The smallest absolute Gasteiger partial charge is 0.156 e. The van der Waals surface area contributed by atoms with Gasteiger partial charge in [-0.2, -0.15) is 0 Å². The molecule has 0 aliphatic carbocycles. The van der Waals surface area contributed by atoms with Crippen molar-refractivity contribution in [2.75, 3.05) is 0 Å². The highest BCUT2D eigenvalue weighted by atomic mass is 16.7. The summed E-state index contributed by atoms with van der Waals surface area (Å²) in [7, 11) is 0. The first-order chi connectivity index (χ1) is 6.68. The first kappa shape index (κ1) is 9.69. The van der Waals surface area contributed by atoms with Crippen molar-refractivity contribution in [3.63, 3.8) is 0 Å². The molecule has 0 aromatic heterocycles. The second kappa shape index (κ2) is 3.71. The normalized spacial score (nSPS) is 32.1. The van der Waals surface area contributed by atoms with Crippen LogP contribution in [0.15, 0.2) is 24.3 Å². The molecule has 1 aliphatic heterocycles. The fourth-order valence-corrected chi connectivity index (χ4v) is 1.82. The molecular weight excluding hydrogens is 176 g/mol. The largest absolute Gasteiger partial charge is 0.347 e. The third-order valence-corrected chi connectivity index (χ3v) is 2.54. The van der Waals surface area contributed by atoms with Crippen LogP contribution in [-0.2, 0) is 9.47 Å². The lowest BCUT2D eigenvalue weighted by Gasteiger charge is -2.15. The molecule has 75 valence electrons. The van der Waals surface area contributed by atoms with Gasteiger partial charge in [0.1, 0.15) is 6.10 Å². The second-order valence-electron chi connectivity index (χ2n) is 3.66. The summed E-state index contributed by atoms with van der Waals surface area (Å²) >= 11 is 0. The van der Waals surface area contributed by atoms with Gasteiger partial charge >= 0.3 is 0 Å². The van der Waals surface area contributed by atoms with Crippen LogP contribution >= 0.6 is 0 Å². The van der Waals surface area contributed by atoms with Gasteiger partial charge < -0.3 is 9.47 Å². The third-order valence-electron chi connectivity index (χ3n) is 2.54. The molecule has 1 aliphatic rings. The van der Waals surface area contributed by atoms with Crippen molar-refractivity contribution in [2.24, 2.45) is 0 Å². The zero-order chi connectivity index (χ0) is 10.1. The molecule has 0 saturated carbocycles. The Balaban J connectivity index is 2.27. The van der Waals surface area contributed by atoms with E-state index in [1.54, 1.807) is 0 Å². The Hall–Kier alpha value is -0.860. The van der Waals surface area contributed by atoms with E-state index in [1.807, 2.05) is 19.1 Å². The maximum absolute atomic E-state index is 5.66. The summed E-state index contributed by atoms with van der Waals surface area (Å²) in [5.74, 6) is 0. The van der Waals surface area contributed by atoms with Crippen LogP contribution in [0.25, 0.3) is 0 Å². The molecule has 1 radical (unpaired) electrons. The number of rotatable bonds is 1. The van der Waals surface area contributed by atoms with Crippen molar-refractivity contribution in [3.8, 4) is 0 Å². The van der Waals surface area contributed by atoms with E-state index in [2.05, 4.69) is 26.0 Å². The summed E-state index contributed by atoms with van der Waals surface area (Å²) in [5.41, 5.74) is 2.40. The predicted molar refractivity (Wildman–Crippen MR) is 54.7 cm³/mol. The van der Waals surface area contributed by atoms with Crippen LogP contribution in [0.3, 0.4) is 0 Å². The fourth-order valence-electron chi connectivity index (χ4n) is 1.82. The van der Waals surface area contributed by atoms with E-state index in [4.69, 9.17) is 9.47 Å². The average Bonchev–Trinajstić information content (AvgIpc) is 2.46. The van der Waals surface area contributed by atoms with Crippen molar-refractivity contribution >= 4 is 0 Å². The van der Waals surface area contributed by atoms with Gasteiger partial charge in [-0.15, -0.1) is 0 Å². The lowest BCUT2D eigenvalue weighted by atomic mass is 10.0. The first-order valence-corrected chi connectivity index (χ1v) is 4.88. The molecule has 0 bridgehead atoms. The second-order valence-corrected chi connectivity index (χ2v) is 3.66. The summed E-state index contributed by atoms with van der Waals surface area (Å²) in [6, 6.07) is 8.19. The molecule has 2 nitrogen and oxygen atoms in total. The summed E-state index contributed by atoms with van der Waals surface area (Å²) in [6.45, 7) is 7.92. The maximum atomic E-state index is 5.66. The van der Waals surface area contributed by atoms with Crippen LogP contribution in [0.4, 0.5) is 0 Å². The summed E-state index contributed by atoms with van der Waals surface area (Å²) in [6.07, 6.45) is -0.278. The van der Waals surface area contributed by atoms with Gasteiger partial charge in [0.2, 0.25) is 0 Å². The molecular formula is C12H15O2. The number of hydrogen-bond acceptors (Lipinski definition) is 2. The molecule has 0 N–H and O–H groups in total. The molecule has 2 heteroatoms. The molecule has 0 amide bonds. The lowest BCUT2D eigenvalue weighted by molar-refractivity contribution is -0.0475. The zero-order valence-electron chi connectivity index (χ0n) is 8.57. The van der Waals surface area contributed by atoms with E-state index in [9.17, 15) is 0 Å². The lowest BCUT2D eigenvalue weighted by Crippen LogP contribution is -2.11. The Morgan fingerprint density at radius 1 is 1.21 bits per heavy atom. The molecule has 1 fully saturated rings. The van der Waals surface area contributed by atoms with E-state index in [0.29, 0.717) is 0 Å². The van der Waals surface area contributed by atoms with Gasteiger partial charge in [0, 0.05) is 0 Å². The van der Waals surface area contributed by atoms with E-state index >= 15 is 0 Å². The van der Waals surface area contributed by atoms with Gasteiger partial charge in [0.05, 0.1) is 6.10 Å². The SMILES string of the molecule is [CH2]C1OC(C)OC1c1ccccc1C. The van der Waals surface area contributed by atoms with Crippen molar-refractivity contribution < 1.29 is 9.47 Å². The number of aryl methyl sites for hydroxylation is 1. The van der Waals surface area contributed by atoms with Gasteiger partial charge in [0.25, 0.3) is 0 Å². The molecule has 14 heavy (non-hydrogen) atoms. The summed E-state index contributed by atoms with van der Waals surface area (Å²) in [4.78, 5) is 0.